The first-order valence-electron chi connectivity index (χ1n) is 11.0. The Labute approximate surface area is 190 Å². The van der Waals surface area contributed by atoms with E-state index in [1.54, 1.807) is 24.3 Å². The van der Waals surface area contributed by atoms with E-state index < -0.39 is 0 Å². The number of unbranched alkanes of at least 4 members (excludes halogenated alkanes) is 6. The molecule has 0 spiro atoms. The van der Waals surface area contributed by atoms with Crippen molar-refractivity contribution in [2.24, 2.45) is 5.10 Å². The molecule has 0 fully saturated rings. The molecule has 0 radical (unpaired) electrons. The third-order valence-corrected chi connectivity index (χ3v) is 5.25. The third kappa shape index (κ3) is 9.35. The second-order valence-electron chi connectivity index (χ2n) is 7.65. The molecule has 0 saturated carbocycles. The van der Waals surface area contributed by atoms with Crippen LogP contribution < -0.4 is 10.7 Å². The van der Waals surface area contributed by atoms with Crippen molar-refractivity contribution in [1.82, 2.24) is 5.43 Å². The number of carbonyl (C=O) groups excluding carboxylic acids is 2. The van der Waals surface area contributed by atoms with Crippen molar-refractivity contribution in [3.63, 3.8) is 0 Å². The van der Waals surface area contributed by atoms with Gasteiger partial charge in [-0.05, 0) is 55.3 Å². The van der Waals surface area contributed by atoms with Crippen molar-refractivity contribution >= 4 is 34.8 Å². The molecule has 0 heterocycles. The Hall–Kier alpha value is -2.66. The molecule has 0 unspecified atom stereocenters. The predicted molar refractivity (Wildman–Crippen MR) is 129 cm³/mol. The molecule has 0 aliphatic rings. The minimum Gasteiger partial charge on any atom is -0.322 e. The van der Waals surface area contributed by atoms with E-state index >= 15 is 0 Å². The van der Waals surface area contributed by atoms with Gasteiger partial charge in [0, 0.05) is 22.7 Å². The molecule has 2 amide bonds. The average Bonchev–Trinajstić information content (AvgIpc) is 2.77. The maximum atomic E-state index is 12.4. The molecular formula is C25H32ClN3O2. The Morgan fingerprint density at radius 2 is 1.58 bits per heavy atom. The Morgan fingerprint density at radius 3 is 2.29 bits per heavy atom. The van der Waals surface area contributed by atoms with Crippen LogP contribution in [0.5, 0.6) is 0 Å². The SMILES string of the molecule is CCCCCCCCCC(=O)N/N=C(/C)c1cccc(NC(=O)c2ccc(Cl)cc2)c1. The Balaban J connectivity index is 1.81. The van der Waals surface area contributed by atoms with Crippen LogP contribution in [0.15, 0.2) is 53.6 Å². The monoisotopic (exact) mass is 441 g/mol. The fourth-order valence-electron chi connectivity index (χ4n) is 3.14. The largest absolute Gasteiger partial charge is 0.322 e. The van der Waals surface area contributed by atoms with Crippen molar-refractivity contribution in [2.45, 2.75) is 65.2 Å². The quantitative estimate of drug-likeness (QED) is 0.222. The van der Waals surface area contributed by atoms with Gasteiger partial charge in [-0.1, -0.05) is 69.2 Å². The third-order valence-electron chi connectivity index (χ3n) is 5.00. The minimum atomic E-state index is -0.216. The molecule has 166 valence electrons. The van der Waals surface area contributed by atoms with Gasteiger partial charge in [0.05, 0.1) is 5.71 Å². The lowest BCUT2D eigenvalue weighted by Gasteiger charge is -2.08. The van der Waals surface area contributed by atoms with Gasteiger partial charge in [-0.25, -0.2) is 5.43 Å². The Kier molecular flexibility index (Phi) is 10.8. The van der Waals surface area contributed by atoms with E-state index in [0.717, 1.165) is 18.4 Å². The molecular weight excluding hydrogens is 410 g/mol. The summed E-state index contributed by atoms with van der Waals surface area (Å²) in [6.07, 6.45) is 8.71. The van der Waals surface area contributed by atoms with Gasteiger partial charge in [0.15, 0.2) is 0 Å². The summed E-state index contributed by atoms with van der Waals surface area (Å²) in [5.74, 6) is -0.286. The molecule has 0 saturated heterocycles. The predicted octanol–water partition coefficient (Wildman–Crippen LogP) is 6.57. The summed E-state index contributed by atoms with van der Waals surface area (Å²) in [4.78, 5) is 24.4. The van der Waals surface area contributed by atoms with Gasteiger partial charge in [-0.15, -0.1) is 0 Å². The van der Waals surface area contributed by atoms with Crippen molar-refractivity contribution in [1.29, 1.82) is 0 Å². The van der Waals surface area contributed by atoms with Gasteiger partial charge >= 0.3 is 0 Å². The highest BCUT2D eigenvalue weighted by Gasteiger charge is 2.07. The molecule has 0 atom stereocenters. The molecule has 2 rings (SSSR count). The number of hydrogen-bond acceptors (Lipinski definition) is 3. The molecule has 0 aliphatic carbocycles. The zero-order chi connectivity index (χ0) is 22.5. The van der Waals surface area contributed by atoms with Crippen LogP contribution in [0.2, 0.25) is 5.02 Å². The van der Waals surface area contributed by atoms with E-state index in [4.69, 9.17) is 11.6 Å². The van der Waals surface area contributed by atoms with Gasteiger partial charge < -0.3 is 5.32 Å². The summed E-state index contributed by atoms with van der Waals surface area (Å²) in [5, 5.41) is 7.66. The van der Waals surface area contributed by atoms with Crippen molar-refractivity contribution < 1.29 is 9.59 Å². The number of rotatable bonds is 12. The average molecular weight is 442 g/mol. The number of nitrogens with zero attached hydrogens (tertiary/aromatic N) is 1. The number of nitrogens with one attached hydrogen (secondary N) is 2. The fraction of sp³-hybridized carbons (Fsp3) is 0.400. The summed E-state index contributed by atoms with van der Waals surface area (Å²) in [6.45, 7) is 4.04. The van der Waals surface area contributed by atoms with E-state index in [0.29, 0.717) is 28.4 Å². The van der Waals surface area contributed by atoms with E-state index in [9.17, 15) is 9.59 Å². The highest BCUT2D eigenvalue weighted by Crippen LogP contribution is 2.15. The molecule has 2 N–H and O–H groups in total. The van der Waals surface area contributed by atoms with Crippen LogP contribution in [-0.4, -0.2) is 17.5 Å². The first kappa shape index (κ1) is 24.6. The number of carbonyl (C=O) groups is 2. The lowest BCUT2D eigenvalue weighted by Crippen LogP contribution is -2.19. The van der Waals surface area contributed by atoms with E-state index in [1.807, 2.05) is 31.2 Å². The van der Waals surface area contributed by atoms with Crippen molar-refractivity contribution in [3.05, 3.63) is 64.7 Å². The molecule has 0 aromatic heterocycles. The molecule has 0 aliphatic heterocycles. The van der Waals surface area contributed by atoms with Gasteiger partial charge in [-0.3, -0.25) is 9.59 Å². The first-order valence-corrected chi connectivity index (χ1v) is 11.4. The summed E-state index contributed by atoms with van der Waals surface area (Å²) in [5.41, 5.74) is 5.31. The lowest BCUT2D eigenvalue weighted by atomic mass is 10.1. The highest BCUT2D eigenvalue weighted by molar-refractivity contribution is 6.30. The summed E-state index contributed by atoms with van der Waals surface area (Å²) in [6, 6.07) is 14.1. The number of anilines is 1. The highest BCUT2D eigenvalue weighted by atomic mass is 35.5. The van der Waals surface area contributed by atoms with Crippen molar-refractivity contribution in [2.75, 3.05) is 5.32 Å². The molecule has 31 heavy (non-hydrogen) atoms. The van der Waals surface area contributed by atoms with Gasteiger partial charge in [0.1, 0.15) is 0 Å². The van der Waals surface area contributed by atoms with Crippen LogP contribution in [0.1, 0.15) is 81.1 Å². The van der Waals surface area contributed by atoms with Gasteiger partial charge in [0.2, 0.25) is 5.91 Å². The van der Waals surface area contributed by atoms with Crippen LogP contribution in [0.4, 0.5) is 5.69 Å². The Bertz CT molecular complexity index is 879. The number of hydrogen-bond donors (Lipinski definition) is 2. The second-order valence-corrected chi connectivity index (χ2v) is 8.08. The summed E-state index contributed by atoms with van der Waals surface area (Å²) >= 11 is 5.87. The molecule has 0 bridgehead atoms. The zero-order valence-electron chi connectivity index (χ0n) is 18.4. The standard InChI is InChI=1S/C25H32ClN3O2/c1-3-4-5-6-7-8-9-13-24(30)29-28-19(2)21-11-10-12-23(18-21)27-25(31)20-14-16-22(26)17-15-20/h10-12,14-18H,3-9,13H2,1-2H3,(H,27,31)(H,29,30)/b28-19-. The zero-order valence-corrected chi connectivity index (χ0v) is 19.2. The van der Waals surface area contributed by atoms with Crippen molar-refractivity contribution in [3.8, 4) is 0 Å². The topological polar surface area (TPSA) is 70.6 Å². The maximum Gasteiger partial charge on any atom is 0.255 e. The molecule has 6 heteroatoms. The van der Waals surface area contributed by atoms with Crippen LogP contribution in [0, 0.1) is 0 Å². The van der Waals surface area contributed by atoms with Crippen LogP contribution in [-0.2, 0) is 4.79 Å². The first-order chi connectivity index (χ1) is 15.0. The maximum absolute atomic E-state index is 12.4. The number of hydrazone groups is 1. The number of amides is 2. The summed E-state index contributed by atoms with van der Waals surface area (Å²) in [7, 11) is 0. The molecule has 2 aromatic carbocycles. The molecule has 2 aromatic rings. The minimum absolute atomic E-state index is 0.0693. The van der Waals surface area contributed by atoms with Gasteiger partial charge in [0.25, 0.3) is 5.91 Å². The lowest BCUT2D eigenvalue weighted by molar-refractivity contribution is -0.121. The molecule has 5 nitrogen and oxygen atoms in total. The van der Waals surface area contributed by atoms with E-state index in [2.05, 4.69) is 22.8 Å². The second kappa shape index (κ2) is 13.6. The van der Waals surface area contributed by atoms with Crippen LogP contribution >= 0.6 is 11.6 Å². The fourth-order valence-corrected chi connectivity index (χ4v) is 3.26. The van der Waals surface area contributed by atoms with Crippen LogP contribution in [0.3, 0.4) is 0 Å². The van der Waals surface area contributed by atoms with Crippen LogP contribution in [0.25, 0.3) is 0 Å². The van der Waals surface area contributed by atoms with Gasteiger partial charge in [-0.2, -0.15) is 5.10 Å². The normalized spacial score (nSPS) is 11.3. The smallest absolute Gasteiger partial charge is 0.255 e. The Morgan fingerprint density at radius 1 is 0.903 bits per heavy atom. The van der Waals surface area contributed by atoms with E-state index in [1.165, 1.54) is 32.1 Å². The number of benzene rings is 2. The van der Waals surface area contributed by atoms with E-state index in [-0.39, 0.29) is 11.8 Å². The number of halogens is 1. The summed E-state index contributed by atoms with van der Waals surface area (Å²) < 4.78 is 0.